The third-order valence-electron chi connectivity index (χ3n) is 5.88. The van der Waals surface area contributed by atoms with Gasteiger partial charge in [-0.3, -0.25) is 14.4 Å². The number of sulfonamides is 1. The number of hydrogen-bond donors (Lipinski definition) is 2. The average Bonchev–Trinajstić information content (AvgIpc) is 3.30. The fourth-order valence-corrected chi connectivity index (χ4v) is 5.05. The molecule has 0 aromatic heterocycles. The zero-order valence-corrected chi connectivity index (χ0v) is 19.8. The van der Waals surface area contributed by atoms with E-state index >= 15 is 0 Å². The van der Waals surface area contributed by atoms with Gasteiger partial charge in [0.2, 0.25) is 0 Å². The van der Waals surface area contributed by atoms with Gasteiger partial charge in [0, 0.05) is 17.8 Å². The molecule has 1 amide bonds. The highest BCUT2D eigenvalue weighted by molar-refractivity contribution is 7.92. The highest BCUT2D eigenvalue weighted by Gasteiger charge is 2.16. The Hall–Kier alpha value is -3.16. The number of hydrogen-bond acceptors (Lipinski definition) is 4. The van der Waals surface area contributed by atoms with Crippen molar-refractivity contribution in [2.45, 2.75) is 38.1 Å². The maximum absolute atomic E-state index is 12.8. The highest BCUT2D eigenvalue weighted by Crippen LogP contribution is 2.22. The molecule has 1 aliphatic rings. The van der Waals surface area contributed by atoms with E-state index in [4.69, 9.17) is 0 Å². The number of aryl methyl sites for hydroxylation is 2. The molecule has 0 spiro atoms. The van der Waals surface area contributed by atoms with Gasteiger partial charge >= 0.3 is 0 Å². The monoisotopic (exact) mass is 463 g/mol. The van der Waals surface area contributed by atoms with Crippen molar-refractivity contribution in [1.29, 1.82) is 0 Å². The van der Waals surface area contributed by atoms with Crippen LogP contribution in [0.4, 0.5) is 11.4 Å². The van der Waals surface area contributed by atoms with Crippen LogP contribution in [0.25, 0.3) is 0 Å². The molecule has 172 valence electrons. The van der Waals surface area contributed by atoms with Crippen molar-refractivity contribution in [3.63, 3.8) is 0 Å². The van der Waals surface area contributed by atoms with Crippen molar-refractivity contribution in [3.05, 3.63) is 89.0 Å². The number of likely N-dealkylation sites (tertiary alicyclic amines) is 1. The van der Waals surface area contributed by atoms with E-state index in [-0.39, 0.29) is 10.8 Å². The number of carbonyl (C=O) groups is 1. The Morgan fingerprint density at radius 2 is 1.58 bits per heavy atom. The summed E-state index contributed by atoms with van der Waals surface area (Å²) in [4.78, 5) is 15.2. The SMILES string of the molecule is Cc1ccc(C)c(NS(=O)(=O)c2ccc(NC(=O)c3ccc(CN4CCCC4)cc3)cc2)c1. The largest absolute Gasteiger partial charge is 0.322 e. The van der Waals surface area contributed by atoms with E-state index in [0.717, 1.165) is 30.8 Å². The van der Waals surface area contributed by atoms with Gasteiger partial charge < -0.3 is 5.32 Å². The van der Waals surface area contributed by atoms with E-state index in [0.29, 0.717) is 16.9 Å². The molecule has 0 bridgehead atoms. The summed E-state index contributed by atoms with van der Waals surface area (Å²) in [7, 11) is -3.73. The number of anilines is 2. The summed E-state index contributed by atoms with van der Waals surface area (Å²) < 4.78 is 28.2. The molecule has 0 saturated carbocycles. The Balaban J connectivity index is 1.39. The molecule has 2 N–H and O–H groups in total. The predicted molar refractivity (Wildman–Crippen MR) is 132 cm³/mol. The minimum atomic E-state index is -3.73. The molecule has 1 fully saturated rings. The quantitative estimate of drug-likeness (QED) is 0.520. The zero-order valence-electron chi connectivity index (χ0n) is 19.0. The molecular formula is C26H29N3O3S. The third kappa shape index (κ3) is 5.80. The van der Waals surface area contributed by atoms with Gasteiger partial charge in [-0.05, 0) is 98.9 Å². The van der Waals surface area contributed by atoms with E-state index in [1.54, 1.807) is 18.2 Å². The van der Waals surface area contributed by atoms with Crippen LogP contribution in [0.1, 0.15) is 39.9 Å². The van der Waals surface area contributed by atoms with Gasteiger partial charge in [-0.15, -0.1) is 0 Å². The van der Waals surface area contributed by atoms with Crippen LogP contribution in [0.15, 0.2) is 71.6 Å². The number of nitrogens with one attached hydrogen (secondary N) is 2. The summed E-state index contributed by atoms with van der Waals surface area (Å²) in [6.07, 6.45) is 2.50. The lowest BCUT2D eigenvalue weighted by Crippen LogP contribution is -2.18. The summed E-state index contributed by atoms with van der Waals surface area (Å²) in [6.45, 7) is 6.95. The van der Waals surface area contributed by atoms with Crippen molar-refractivity contribution >= 4 is 27.3 Å². The van der Waals surface area contributed by atoms with E-state index in [1.165, 1.54) is 30.5 Å². The lowest BCUT2D eigenvalue weighted by molar-refractivity contribution is 0.102. The van der Waals surface area contributed by atoms with Gasteiger partial charge in [0.1, 0.15) is 0 Å². The van der Waals surface area contributed by atoms with E-state index in [9.17, 15) is 13.2 Å². The van der Waals surface area contributed by atoms with Gasteiger partial charge in [-0.25, -0.2) is 8.42 Å². The molecule has 4 rings (SSSR count). The van der Waals surface area contributed by atoms with Gasteiger partial charge in [0.25, 0.3) is 15.9 Å². The molecule has 3 aromatic rings. The second-order valence-electron chi connectivity index (χ2n) is 8.58. The lowest BCUT2D eigenvalue weighted by Gasteiger charge is -2.14. The van der Waals surface area contributed by atoms with Crippen molar-refractivity contribution in [1.82, 2.24) is 4.90 Å². The lowest BCUT2D eigenvalue weighted by atomic mass is 10.1. The Kier molecular flexibility index (Phi) is 6.81. The predicted octanol–water partition coefficient (Wildman–Crippen LogP) is 4.95. The van der Waals surface area contributed by atoms with Crippen LogP contribution in [-0.2, 0) is 16.6 Å². The summed E-state index contributed by atoms with van der Waals surface area (Å²) in [5.74, 6) is -0.230. The fourth-order valence-electron chi connectivity index (χ4n) is 3.93. The van der Waals surface area contributed by atoms with E-state index in [1.807, 2.05) is 50.2 Å². The second-order valence-corrected chi connectivity index (χ2v) is 10.3. The van der Waals surface area contributed by atoms with Gasteiger partial charge in [-0.2, -0.15) is 0 Å². The third-order valence-corrected chi connectivity index (χ3v) is 7.26. The first-order valence-electron chi connectivity index (χ1n) is 11.1. The topological polar surface area (TPSA) is 78.5 Å². The molecule has 0 atom stereocenters. The molecule has 1 aliphatic heterocycles. The Bertz CT molecular complexity index is 1230. The molecule has 3 aromatic carbocycles. The maximum atomic E-state index is 12.8. The molecule has 1 saturated heterocycles. The van der Waals surface area contributed by atoms with E-state index in [2.05, 4.69) is 14.9 Å². The smallest absolute Gasteiger partial charge is 0.261 e. The normalized spacial score (nSPS) is 14.2. The summed E-state index contributed by atoms with van der Waals surface area (Å²) in [6, 6.07) is 19.4. The second kappa shape index (κ2) is 9.77. The molecule has 0 aliphatic carbocycles. The zero-order chi connectivity index (χ0) is 23.4. The van der Waals surface area contributed by atoms with Crippen LogP contribution in [-0.4, -0.2) is 32.3 Å². The number of amides is 1. The van der Waals surface area contributed by atoms with Gasteiger partial charge in [0.15, 0.2) is 0 Å². The molecule has 1 heterocycles. The number of benzene rings is 3. The first kappa shape index (κ1) is 23.0. The summed E-state index contributed by atoms with van der Waals surface area (Å²) >= 11 is 0. The minimum absolute atomic E-state index is 0.132. The fraction of sp³-hybridized carbons (Fsp3) is 0.269. The van der Waals surface area contributed by atoms with Crippen LogP contribution in [0.2, 0.25) is 0 Å². The van der Waals surface area contributed by atoms with Crippen LogP contribution in [0, 0.1) is 13.8 Å². The molecule has 7 heteroatoms. The average molecular weight is 464 g/mol. The van der Waals surface area contributed by atoms with Crippen molar-refractivity contribution < 1.29 is 13.2 Å². The number of carbonyl (C=O) groups excluding carboxylic acids is 1. The van der Waals surface area contributed by atoms with Crippen LogP contribution < -0.4 is 10.0 Å². The van der Waals surface area contributed by atoms with Crippen LogP contribution in [0.3, 0.4) is 0 Å². The molecule has 33 heavy (non-hydrogen) atoms. The molecule has 0 radical (unpaired) electrons. The molecular weight excluding hydrogens is 434 g/mol. The van der Waals surface area contributed by atoms with Crippen molar-refractivity contribution in [2.75, 3.05) is 23.1 Å². The summed E-state index contributed by atoms with van der Waals surface area (Å²) in [5, 5.41) is 2.83. The van der Waals surface area contributed by atoms with Crippen LogP contribution >= 0.6 is 0 Å². The van der Waals surface area contributed by atoms with Gasteiger partial charge in [-0.1, -0.05) is 24.3 Å². The first-order valence-corrected chi connectivity index (χ1v) is 12.6. The molecule has 0 unspecified atom stereocenters. The van der Waals surface area contributed by atoms with Crippen molar-refractivity contribution in [2.24, 2.45) is 0 Å². The maximum Gasteiger partial charge on any atom is 0.261 e. The number of rotatable bonds is 7. The Morgan fingerprint density at radius 1 is 0.909 bits per heavy atom. The summed E-state index contributed by atoms with van der Waals surface area (Å²) in [5.41, 5.74) is 4.67. The highest BCUT2D eigenvalue weighted by atomic mass is 32.2. The minimum Gasteiger partial charge on any atom is -0.322 e. The van der Waals surface area contributed by atoms with E-state index < -0.39 is 10.0 Å². The van der Waals surface area contributed by atoms with Gasteiger partial charge in [0.05, 0.1) is 10.6 Å². The molecule has 6 nitrogen and oxygen atoms in total. The Morgan fingerprint density at radius 3 is 2.24 bits per heavy atom. The standard InChI is InChI=1S/C26H29N3O3S/c1-19-5-6-20(2)25(17-19)28-33(31,32)24-13-11-23(12-14-24)27-26(30)22-9-7-21(8-10-22)18-29-15-3-4-16-29/h5-14,17,28H,3-4,15-16,18H2,1-2H3,(H,27,30). The van der Waals surface area contributed by atoms with Crippen LogP contribution in [0.5, 0.6) is 0 Å². The first-order chi connectivity index (χ1) is 15.8. The van der Waals surface area contributed by atoms with Crippen molar-refractivity contribution in [3.8, 4) is 0 Å². The Labute approximate surface area is 195 Å². The number of nitrogens with zero attached hydrogens (tertiary/aromatic N) is 1.